The van der Waals surface area contributed by atoms with Gasteiger partial charge < -0.3 is 4.74 Å². The Morgan fingerprint density at radius 3 is 1.71 bits per heavy atom. The predicted octanol–water partition coefficient (Wildman–Crippen LogP) is 3.49. The molecule has 94 valence electrons. The third kappa shape index (κ3) is 1.99. The average Bonchev–Trinajstić information content (AvgIpc) is 2.96. The van der Waals surface area contributed by atoms with E-state index in [1.54, 1.807) is 0 Å². The summed E-state index contributed by atoms with van der Waals surface area (Å²) in [5.74, 6) is 0. The smallest absolute Gasteiger partial charge is 0.355 e. The fourth-order valence-electron chi connectivity index (χ4n) is 1.49. The van der Waals surface area contributed by atoms with Crippen LogP contribution in [0.3, 0.4) is 0 Å². The van der Waals surface area contributed by atoms with Gasteiger partial charge in [0, 0.05) is 0 Å². The third-order valence-corrected chi connectivity index (χ3v) is 2.57. The Kier molecular flexibility index (Phi) is 2.43. The average molecular weight is 256 g/mol. The zero-order valence-electron chi connectivity index (χ0n) is 8.19. The van der Waals surface area contributed by atoms with E-state index in [0.29, 0.717) is 12.1 Å². The van der Waals surface area contributed by atoms with Crippen LogP contribution in [0.5, 0.6) is 0 Å². The zero-order chi connectivity index (χ0) is 12.9. The van der Waals surface area contributed by atoms with E-state index in [2.05, 4.69) is 4.74 Å². The van der Waals surface area contributed by atoms with Crippen LogP contribution in [0.4, 0.5) is 26.3 Å². The van der Waals surface area contributed by atoms with E-state index in [4.69, 9.17) is 0 Å². The molecule has 1 atom stereocenters. The van der Waals surface area contributed by atoms with Gasteiger partial charge in [-0.05, 0) is 17.7 Å². The first-order chi connectivity index (χ1) is 7.67. The summed E-state index contributed by atoms with van der Waals surface area (Å²) in [6.07, 6.45) is -9.18. The van der Waals surface area contributed by atoms with Gasteiger partial charge in [-0.1, -0.05) is 12.1 Å². The van der Waals surface area contributed by atoms with Crippen LogP contribution in [0.15, 0.2) is 24.3 Å². The van der Waals surface area contributed by atoms with Crippen molar-refractivity contribution in [1.29, 1.82) is 0 Å². The van der Waals surface area contributed by atoms with Crippen LogP contribution < -0.4 is 0 Å². The molecular weight excluding hydrogens is 250 g/mol. The molecule has 0 saturated carbocycles. The molecule has 1 saturated heterocycles. The van der Waals surface area contributed by atoms with Crippen LogP contribution >= 0.6 is 0 Å². The van der Waals surface area contributed by atoms with Gasteiger partial charge in [0.15, 0.2) is 0 Å². The lowest BCUT2D eigenvalue weighted by Crippen LogP contribution is -2.30. The Morgan fingerprint density at radius 2 is 1.41 bits per heavy atom. The molecule has 1 aromatic carbocycles. The molecule has 7 heteroatoms. The number of hydrogen-bond donors (Lipinski definition) is 0. The number of ether oxygens (including phenoxy) is 1. The van der Waals surface area contributed by atoms with Crippen molar-refractivity contribution in [2.75, 3.05) is 6.61 Å². The fourth-order valence-corrected chi connectivity index (χ4v) is 1.49. The molecule has 0 amide bonds. The van der Waals surface area contributed by atoms with Gasteiger partial charge in [-0.25, -0.2) is 0 Å². The van der Waals surface area contributed by atoms with Crippen LogP contribution in [0.2, 0.25) is 0 Å². The van der Waals surface area contributed by atoms with Gasteiger partial charge in [-0.3, -0.25) is 0 Å². The van der Waals surface area contributed by atoms with Crippen molar-refractivity contribution in [3.63, 3.8) is 0 Å². The highest BCUT2D eigenvalue weighted by atomic mass is 19.4. The molecule has 0 bridgehead atoms. The normalized spacial score (nSPS) is 24.8. The second-order valence-corrected chi connectivity index (χ2v) is 3.69. The highest BCUT2D eigenvalue weighted by Gasteiger charge is 2.67. The van der Waals surface area contributed by atoms with Gasteiger partial charge in [0.25, 0.3) is 0 Å². The van der Waals surface area contributed by atoms with Crippen molar-refractivity contribution in [3.05, 3.63) is 35.4 Å². The zero-order valence-corrected chi connectivity index (χ0v) is 8.19. The van der Waals surface area contributed by atoms with Crippen LogP contribution in [-0.2, 0) is 16.5 Å². The summed E-state index contributed by atoms with van der Waals surface area (Å²) in [5, 5.41) is 0. The Morgan fingerprint density at radius 1 is 0.941 bits per heavy atom. The Bertz CT molecular complexity index is 412. The number of hydrogen-bond acceptors (Lipinski definition) is 1. The van der Waals surface area contributed by atoms with Crippen molar-refractivity contribution >= 4 is 0 Å². The van der Waals surface area contributed by atoms with Crippen molar-refractivity contribution in [2.45, 2.75) is 18.0 Å². The van der Waals surface area contributed by atoms with Gasteiger partial charge in [-0.2, -0.15) is 26.3 Å². The second-order valence-electron chi connectivity index (χ2n) is 3.69. The quantitative estimate of drug-likeness (QED) is 0.553. The Labute approximate surface area is 92.0 Å². The monoisotopic (exact) mass is 256 g/mol. The topological polar surface area (TPSA) is 12.5 Å². The van der Waals surface area contributed by atoms with E-state index in [1.165, 1.54) is 0 Å². The molecule has 0 aliphatic carbocycles. The molecule has 1 aliphatic rings. The molecule has 1 nitrogen and oxygen atoms in total. The lowest BCUT2D eigenvalue weighted by Gasteiger charge is -2.16. The first-order valence-electron chi connectivity index (χ1n) is 4.55. The van der Waals surface area contributed by atoms with Crippen LogP contribution in [0.25, 0.3) is 0 Å². The number of benzene rings is 1. The molecule has 0 N–H and O–H groups in total. The number of alkyl halides is 6. The number of rotatable bonds is 1. The molecule has 0 radical (unpaired) electrons. The van der Waals surface area contributed by atoms with E-state index in [1.807, 2.05) is 0 Å². The van der Waals surface area contributed by atoms with Crippen LogP contribution in [-0.4, -0.2) is 12.8 Å². The molecule has 1 aliphatic heterocycles. The van der Waals surface area contributed by atoms with E-state index < -0.39 is 30.1 Å². The summed E-state index contributed by atoms with van der Waals surface area (Å²) in [6.45, 7) is -0.554. The maximum atomic E-state index is 12.6. The van der Waals surface area contributed by atoms with E-state index in [-0.39, 0.29) is 5.56 Å². The molecule has 1 fully saturated rings. The number of halogens is 6. The highest BCUT2D eigenvalue weighted by molar-refractivity contribution is 5.33. The lowest BCUT2D eigenvalue weighted by atomic mass is 9.98. The molecule has 1 unspecified atom stereocenters. The third-order valence-electron chi connectivity index (χ3n) is 2.57. The molecule has 17 heavy (non-hydrogen) atoms. The first-order valence-corrected chi connectivity index (χ1v) is 4.55. The summed E-state index contributed by atoms with van der Waals surface area (Å²) in [5.41, 5.74) is -3.71. The minimum Gasteiger partial charge on any atom is -0.355 e. The Balaban J connectivity index is 2.32. The SMILES string of the molecule is FC(F)(F)c1ccc(C2(C(F)(F)F)CO2)cc1. The summed E-state index contributed by atoms with van der Waals surface area (Å²) < 4.78 is 78.7. The largest absolute Gasteiger partial charge is 0.424 e. The first kappa shape index (κ1) is 12.2. The van der Waals surface area contributed by atoms with Crippen LogP contribution in [0, 0.1) is 0 Å². The van der Waals surface area contributed by atoms with E-state index >= 15 is 0 Å². The van der Waals surface area contributed by atoms with E-state index in [9.17, 15) is 26.3 Å². The predicted molar refractivity (Wildman–Crippen MR) is 45.1 cm³/mol. The maximum absolute atomic E-state index is 12.6. The van der Waals surface area contributed by atoms with Crippen LogP contribution in [0.1, 0.15) is 11.1 Å². The van der Waals surface area contributed by atoms with Crippen molar-refractivity contribution in [2.24, 2.45) is 0 Å². The molecule has 1 aromatic rings. The minimum atomic E-state index is -4.62. The van der Waals surface area contributed by atoms with Gasteiger partial charge in [0.05, 0.1) is 12.2 Å². The van der Waals surface area contributed by atoms with E-state index in [0.717, 1.165) is 12.1 Å². The van der Waals surface area contributed by atoms with Gasteiger partial charge in [-0.15, -0.1) is 0 Å². The molecular formula is C10H6F6O. The van der Waals surface area contributed by atoms with Gasteiger partial charge >= 0.3 is 12.4 Å². The summed E-state index contributed by atoms with van der Waals surface area (Å²) in [6, 6.07) is 2.82. The number of epoxide rings is 1. The Hall–Kier alpha value is -1.24. The molecule has 2 rings (SSSR count). The van der Waals surface area contributed by atoms with Gasteiger partial charge in [0.2, 0.25) is 5.60 Å². The summed E-state index contributed by atoms with van der Waals surface area (Å²) >= 11 is 0. The summed E-state index contributed by atoms with van der Waals surface area (Å²) in [7, 11) is 0. The van der Waals surface area contributed by atoms with Crippen molar-refractivity contribution in [1.82, 2.24) is 0 Å². The van der Waals surface area contributed by atoms with Gasteiger partial charge in [0.1, 0.15) is 0 Å². The standard InChI is InChI=1S/C10H6F6O/c11-9(12,13)7-3-1-6(2-4-7)8(5-17-8)10(14,15)16/h1-4H,5H2. The van der Waals surface area contributed by atoms with Crippen molar-refractivity contribution in [3.8, 4) is 0 Å². The summed E-state index contributed by atoms with van der Waals surface area (Å²) in [4.78, 5) is 0. The van der Waals surface area contributed by atoms with Crippen molar-refractivity contribution < 1.29 is 31.1 Å². The molecule has 0 aromatic heterocycles. The maximum Gasteiger partial charge on any atom is 0.424 e. The second kappa shape index (κ2) is 3.38. The lowest BCUT2D eigenvalue weighted by molar-refractivity contribution is -0.187. The molecule has 0 spiro atoms. The fraction of sp³-hybridized carbons (Fsp3) is 0.400. The minimum absolute atomic E-state index is 0.307. The molecule has 1 heterocycles. The highest BCUT2D eigenvalue weighted by Crippen LogP contribution is 2.51.